The number of nitrogens with one attached hydrogen (secondary N) is 1. The maximum atomic E-state index is 11.2. The second-order valence-electron chi connectivity index (χ2n) is 5.84. The first kappa shape index (κ1) is 20.9. The number of alkyl halides is 1. The second kappa shape index (κ2) is 9.48. The highest BCUT2D eigenvalue weighted by molar-refractivity contribution is 7.51. The molecule has 1 atom stereocenters. The highest BCUT2D eigenvalue weighted by Gasteiger charge is 2.21. The molecule has 12 heteroatoms. The number of imidazole rings is 1. The van der Waals surface area contributed by atoms with Gasteiger partial charge in [0.25, 0.3) is 0 Å². The molecule has 0 spiro atoms. The summed E-state index contributed by atoms with van der Waals surface area (Å²) in [6.07, 6.45) is 3.74. The van der Waals surface area contributed by atoms with Crippen LogP contribution in [0.5, 0.6) is 0 Å². The van der Waals surface area contributed by atoms with Gasteiger partial charge in [-0.3, -0.25) is 9.36 Å². The zero-order valence-electron chi connectivity index (χ0n) is 14.4. The van der Waals surface area contributed by atoms with Crippen molar-refractivity contribution in [3.05, 3.63) is 12.0 Å². The van der Waals surface area contributed by atoms with Crippen LogP contribution in [0, 0.1) is 0 Å². The summed E-state index contributed by atoms with van der Waals surface area (Å²) in [6, 6.07) is 0. The van der Waals surface area contributed by atoms with Gasteiger partial charge in [0, 0.05) is 26.1 Å². The summed E-state index contributed by atoms with van der Waals surface area (Å²) in [5.41, 5.74) is 0.111. The lowest BCUT2D eigenvalue weighted by atomic mass is 10.3. The largest absolute Gasteiger partial charge is 0.469 e. The Kier molecular flexibility index (Phi) is 7.60. The minimum atomic E-state index is -4.09. The third-order valence-corrected chi connectivity index (χ3v) is 5.05. The molecule has 0 aromatic carbocycles. The van der Waals surface area contributed by atoms with Crippen LogP contribution >= 0.6 is 19.2 Å². The number of hydrogen-bond acceptors (Lipinski definition) is 7. The SMILES string of the molecule is COC(=O)CCCN(CCn1cnc2c1NC=NC2Cl)CCP(=O)(O)O. The summed E-state index contributed by atoms with van der Waals surface area (Å²) < 4.78 is 17.6. The normalized spacial score (nSPS) is 16.4. The van der Waals surface area contributed by atoms with Gasteiger partial charge in [-0.25, -0.2) is 9.98 Å². The van der Waals surface area contributed by atoms with Gasteiger partial charge in [0.05, 0.1) is 25.9 Å². The number of ether oxygens (including phenoxy) is 1. The molecular weight excluding hydrogens is 385 g/mol. The lowest BCUT2D eigenvalue weighted by Gasteiger charge is -2.23. The van der Waals surface area contributed by atoms with E-state index in [-0.39, 0.29) is 25.1 Å². The first-order valence-corrected chi connectivity index (χ1v) is 10.3. The van der Waals surface area contributed by atoms with Crippen LogP contribution in [0.1, 0.15) is 24.0 Å². The number of esters is 1. The van der Waals surface area contributed by atoms with Crippen molar-refractivity contribution in [1.29, 1.82) is 0 Å². The first-order valence-electron chi connectivity index (χ1n) is 8.11. The Morgan fingerprint density at radius 1 is 1.46 bits per heavy atom. The van der Waals surface area contributed by atoms with Crippen molar-refractivity contribution in [2.24, 2.45) is 4.99 Å². The fourth-order valence-electron chi connectivity index (χ4n) is 2.54. The van der Waals surface area contributed by atoms with E-state index >= 15 is 0 Å². The Bertz CT molecular complexity index is 691. The van der Waals surface area contributed by atoms with Crippen LogP contribution in [-0.4, -0.2) is 69.5 Å². The average Bonchev–Trinajstić information content (AvgIpc) is 3.00. The van der Waals surface area contributed by atoms with Crippen LogP contribution in [0.2, 0.25) is 0 Å². The van der Waals surface area contributed by atoms with E-state index in [4.69, 9.17) is 21.4 Å². The molecule has 1 unspecified atom stereocenters. The number of nitrogens with zero attached hydrogens (tertiary/aromatic N) is 4. The average molecular weight is 408 g/mol. The van der Waals surface area contributed by atoms with E-state index < -0.39 is 13.1 Å². The first-order chi connectivity index (χ1) is 12.3. The molecule has 1 aliphatic heterocycles. The minimum Gasteiger partial charge on any atom is -0.469 e. The van der Waals surface area contributed by atoms with Crippen LogP contribution in [0.3, 0.4) is 0 Å². The van der Waals surface area contributed by atoms with E-state index in [1.54, 1.807) is 6.33 Å². The van der Waals surface area contributed by atoms with E-state index in [0.717, 1.165) is 5.82 Å². The third kappa shape index (κ3) is 6.37. The molecule has 10 nitrogen and oxygen atoms in total. The molecule has 0 bridgehead atoms. The summed E-state index contributed by atoms with van der Waals surface area (Å²) in [4.78, 5) is 39.6. The molecule has 0 amide bonds. The predicted molar refractivity (Wildman–Crippen MR) is 97.5 cm³/mol. The van der Waals surface area contributed by atoms with Gasteiger partial charge >= 0.3 is 13.6 Å². The van der Waals surface area contributed by atoms with E-state index in [9.17, 15) is 9.36 Å². The van der Waals surface area contributed by atoms with Crippen molar-refractivity contribution in [3.8, 4) is 0 Å². The zero-order valence-corrected chi connectivity index (χ0v) is 16.1. The van der Waals surface area contributed by atoms with Crippen LogP contribution in [-0.2, 0) is 20.6 Å². The Morgan fingerprint density at radius 2 is 2.23 bits per heavy atom. The second-order valence-corrected chi connectivity index (χ2v) is 8.03. The lowest BCUT2D eigenvalue weighted by Crippen LogP contribution is -2.32. The van der Waals surface area contributed by atoms with E-state index in [0.29, 0.717) is 31.7 Å². The maximum Gasteiger partial charge on any atom is 0.326 e. The number of anilines is 1. The van der Waals surface area contributed by atoms with Crippen molar-refractivity contribution >= 4 is 37.3 Å². The number of rotatable bonds is 10. The molecule has 146 valence electrons. The summed E-state index contributed by atoms with van der Waals surface area (Å²) in [6.45, 7) is 1.84. The molecule has 0 aliphatic carbocycles. The quantitative estimate of drug-likeness (QED) is 0.227. The molecule has 1 aromatic heterocycles. The molecule has 2 rings (SSSR count). The summed E-state index contributed by atoms with van der Waals surface area (Å²) in [5.74, 6) is 0.449. The van der Waals surface area contributed by atoms with Crippen LogP contribution in [0.25, 0.3) is 0 Å². The minimum absolute atomic E-state index is 0.232. The van der Waals surface area contributed by atoms with Gasteiger partial charge in [-0.15, -0.1) is 0 Å². The van der Waals surface area contributed by atoms with Crippen molar-refractivity contribution in [2.45, 2.75) is 24.9 Å². The Labute approximate surface area is 156 Å². The van der Waals surface area contributed by atoms with Gasteiger partial charge in [-0.2, -0.15) is 0 Å². The molecule has 1 aromatic rings. The van der Waals surface area contributed by atoms with Crippen molar-refractivity contribution in [3.63, 3.8) is 0 Å². The van der Waals surface area contributed by atoms with Crippen LogP contribution in [0.15, 0.2) is 11.3 Å². The summed E-state index contributed by atoms with van der Waals surface area (Å²) in [7, 11) is -2.76. The Morgan fingerprint density at radius 3 is 2.92 bits per heavy atom. The molecule has 0 fully saturated rings. The molecule has 26 heavy (non-hydrogen) atoms. The van der Waals surface area contributed by atoms with Crippen LogP contribution in [0.4, 0.5) is 5.82 Å². The number of halogens is 1. The third-order valence-electron chi connectivity index (χ3n) is 3.95. The maximum absolute atomic E-state index is 11.2. The van der Waals surface area contributed by atoms with Crippen molar-refractivity contribution in [1.82, 2.24) is 14.5 Å². The molecule has 0 radical (unpaired) electrons. The van der Waals surface area contributed by atoms with Gasteiger partial charge in [0.1, 0.15) is 11.5 Å². The van der Waals surface area contributed by atoms with E-state index in [1.165, 1.54) is 13.4 Å². The molecule has 0 saturated heterocycles. The summed E-state index contributed by atoms with van der Waals surface area (Å²) in [5, 5.41) is 3.01. The Hall–Kier alpha value is -1.45. The lowest BCUT2D eigenvalue weighted by molar-refractivity contribution is -0.140. The topological polar surface area (TPSA) is 129 Å². The standard InChI is InChI=1S/C14H23ClN5O5P/c1-25-11(21)3-2-4-19(7-8-26(22,23)24)5-6-20-10-18-12-13(15)16-9-17-14(12)20/h9-10,13H,2-8H2,1H3,(H,16,17)(H2,22,23,24). The Balaban J connectivity index is 1.93. The van der Waals surface area contributed by atoms with Gasteiger partial charge in [-0.05, 0) is 13.0 Å². The molecule has 2 heterocycles. The van der Waals surface area contributed by atoms with Crippen LogP contribution < -0.4 is 5.32 Å². The molecule has 0 saturated carbocycles. The van der Waals surface area contributed by atoms with Crippen molar-refractivity contribution < 1.29 is 23.9 Å². The van der Waals surface area contributed by atoms with E-state index in [1.807, 2.05) is 9.47 Å². The molecule has 3 N–H and O–H groups in total. The monoisotopic (exact) mass is 407 g/mol. The van der Waals surface area contributed by atoms with Gasteiger partial charge < -0.3 is 29.3 Å². The number of aromatic nitrogens is 2. The molecular formula is C14H23ClN5O5P. The number of hydrogen-bond donors (Lipinski definition) is 3. The van der Waals surface area contributed by atoms with Gasteiger partial charge in [0.15, 0.2) is 5.50 Å². The number of aliphatic imine (C=N–C) groups is 1. The number of methoxy groups -OCH3 is 1. The highest BCUT2D eigenvalue weighted by atomic mass is 35.5. The number of fused-ring (bicyclic) bond motifs is 1. The van der Waals surface area contributed by atoms with Crippen molar-refractivity contribution in [2.75, 3.05) is 38.2 Å². The van der Waals surface area contributed by atoms with Gasteiger partial charge in [0.2, 0.25) is 0 Å². The zero-order chi connectivity index (χ0) is 19.2. The highest BCUT2D eigenvalue weighted by Crippen LogP contribution is 2.34. The van der Waals surface area contributed by atoms with E-state index in [2.05, 4.69) is 20.0 Å². The fraction of sp³-hybridized carbons (Fsp3) is 0.643. The smallest absolute Gasteiger partial charge is 0.326 e. The fourth-order valence-corrected chi connectivity index (χ4v) is 3.30. The molecule has 1 aliphatic rings. The summed E-state index contributed by atoms with van der Waals surface area (Å²) >= 11 is 6.08. The number of carbonyl (C=O) groups excluding carboxylic acids is 1. The predicted octanol–water partition coefficient (Wildman–Crippen LogP) is 1.01. The number of carbonyl (C=O) groups is 1. The van der Waals surface area contributed by atoms with Gasteiger partial charge in [-0.1, -0.05) is 11.6 Å².